The van der Waals surface area contributed by atoms with E-state index in [0.717, 1.165) is 12.5 Å². The van der Waals surface area contributed by atoms with Gasteiger partial charge in [0, 0.05) is 13.2 Å². The van der Waals surface area contributed by atoms with Crippen molar-refractivity contribution in [3.63, 3.8) is 0 Å². The number of likely N-dealkylation sites (N-methyl/N-ethyl adjacent to an activating group) is 1. The van der Waals surface area contributed by atoms with Crippen LogP contribution in [0.25, 0.3) is 0 Å². The molecule has 0 N–H and O–H groups in total. The molecule has 11 heavy (non-hydrogen) atoms. The van der Waals surface area contributed by atoms with Crippen molar-refractivity contribution in [2.45, 2.75) is 26.3 Å². The molecule has 2 atom stereocenters. The van der Waals surface area contributed by atoms with Gasteiger partial charge in [-0.3, -0.25) is 4.90 Å². The molecule has 0 aromatic heterocycles. The minimum Gasteiger partial charge on any atom is -0.383 e. The van der Waals surface area contributed by atoms with Gasteiger partial charge in [-0.05, 0) is 25.4 Å². The number of hydrogen-bond donors (Lipinski definition) is 0. The fraction of sp³-hybridized carbons (Fsp3) is 1.00. The highest BCUT2D eigenvalue weighted by Crippen LogP contribution is 2.23. The Morgan fingerprint density at radius 2 is 2.27 bits per heavy atom. The normalized spacial score (nSPS) is 33.0. The van der Waals surface area contributed by atoms with Gasteiger partial charge in [0.25, 0.3) is 0 Å². The van der Waals surface area contributed by atoms with E-state index < -0.39 is 0 Å². The van der Waals surface area contributed by atoms with Crippen LogP contribution in [-0.4, -0.2) is 37.7 Å². The monoisotopic (exact) mass is 157 g/mol. The standard InChI is InChI=1S/C9H19NO/c1-4-10-6-5-8(2)9(10)7-11-3/h8-9H,4-7H2,1-3H3/t8-,9+/m0/s1. The highest BCUT2D eigenvalue weighted by molar-refractivity contribution is 4.83. The molecule has 0 bridgehead atoms. The number of methoxy groups -OCH3 is 1. The van der Waals surface area contributed by atoms with Crippen molar-refractivity contribution in [3.8, 4) is 0 Å². The zero-order valence-electron chi connectivity index (χ0n) is 7.84. The van der Waals surface area contributed by atoms with E-state index in [1.54, 1.807) is 7.11 Å². The molecule has 66 valence electrons. The van der Waals surface area contributed by atoms with Crippen LogP contribution in [0, 0.1) is 5.92 Å². The number of rotatable bonds is 3. The average molecular weight is 157 g/mol. The third-order valence-corrected chi connectivity index (χ3v) is 2.74. The number of ether oxygens (including phenoxy) is 1. The van der Waals surface area contributed by atoms with Crippen LogP contribution in [0.4, 0.5) is 0 Å². The summed E-state index contributed by atoms with van der Waals surface area (Å²) >= 11 is 0. The van der Waals surface area contributed by atoms with E-state index in [1.165, 1.54) is 19.5 Å². The van der Waals surface area contributed by atoms with Gasteiger partial charge in [-0.2, -0.15) is 0 Å². The number of hydrogen-bond acceptors (Lipinski definition) is 2. The highest BCUT2D eigenvalue weighted by Gasteiger charge is 2.29. The van der Waals surface area contributed by atoms with Crippen molar-refractivity contribution in [3.05, 3.63) is 0 Å². The van der Waals surface area contributed by atoms with Crippen LogP contribution in [0.3, 0.4) is 0 Å². The summed E-state index contributed by atoms with van der Waals surface area (Å²) in [7, 11) is 1.79. The van der Waals surface area contributed by atoms with Crippen molar-refractivity contribution in [1.29, 1.82) is 0 Å². The zero-order chi connectivity index (χ0) is 8.27. The molecule has 2 heteroatoms. The Bertz CT molecular complexity index is 116. The molecule has 0 aromatic rings. The van der Waals surface area contributed by atoms with Crippen LogP contribution in [0.5, 0.6) is 0 Å². The third kappa shape index (κ3) is 1.94. The first-order valence-electron chi connectivity index (χ1n) is 4.52. The lowest BCUT2D eigenvalue weighted by atomic mass is 10.0. The molecule has 1 aliphatic heterocycles. The SMILES string of the molecule is CCN1CC[C@H](C)[C@H]1COC. The van der Waals surface area contributed by atoms with Crippen molar-refractivity contribution in [2.75, 3.05) is 26.8 Å². The molecule has 1 rings (SSSR count). The lowest BCUT2D eigenvalue weighted by Crippen LogP contribution is -2.35. The zero-order valence-corrected chi connectivity index (χ0v) is 7.84. The highest BCUT2D eigenvalue weighted by atomic mass is 16.5. The molecule has 0 radical (unpaired) electrons. The summed E-state index contributed by atoms with van der Waals surface area (Å²) in [5, 5.41) is 0. The molecule has 0 aromatic carbocycles. The molecule has 0 spiro atoms. The predicted molar refractivity (Wildman–Crippen MR) is 46.7 cm³/mol. The van der Waals surface area contributed by atoms with Gasteiger partial charge in [-0.25, -0.2) is 0 Å². The summed E-state index contributed by atoms with van der Waals surface area (Å²) < 4.78 is 5.19. The fourth-order valence-electron chi connectivity index (χ4n) is 1.92. The summed E-state index contributed by atoms with van der Waals surface area (Å²) in [4.78, 5) is 2.51. The van der Waals surface area contributed by atoms with Gasteiger partial charge in [-0.1, -0.05) is 13.8 Å². The van der Waals surface area contributed by atoms with Gasteiger partial charge in [-0.15, -0.1) is 0 Å². The largest absolute Gasteiger partial charge is 0.383 e. The number of likely N-dealkylation sites (tertiary alicyclic amines) is 1. The van der Waals surface area contributed by atoms with E-state index in [2.05, 4.69) is 18.7 Å². The smallest absolute Gasteiger partial charge is 0.0620 e. The van der Waals surface area contributed by atoms with Crippen LogP contribution in [0.2, 0.25) is 0 Å². The molecule has 2 nitrogen and oxygen atoms in total. The maximum absolute atomic E-state index is 5.19. The molecular formula is C9H19NO. The second-order valence-electron chi connectivity index (χ2n) is 3.42. The molecule has 1 heterocycles. The summed E-state index contributed by atoms with van der Waals surface area (Å²) in [5.74, 6) is 0.815. The Balaban J connectivity index is 2.42. The molecule has 0 aliphatic carbocycles. The van der Waals surface area contributed by atoms with Gasteiger partial charge >= 0.3 is 0 Å². The third-order valence-electron chi connectivity index (χ3n) is 2.74. The second kappa shape index (κ2) is 4.07. The molecule has 0 saturated carbocycles. The number of nitrogens with zero attached hydrogens (tertiary/aromatic N) is 1. The van der Waals surface area contributed by atoms with Crippen LogP contribution >= 0.6 is 0 Å². The summed E-state index contributed by atoms with van der Waals surface area (Å²) in [6, 6.07) is 0.671. The van der Waals surface area contributed by atoms with E-state index in [9.17, 15) is 0 Å². The van der Waals surface area contributed by atoms with E-state index in [0.29, 0.717) is 6.04 Å². The van der Waals surface area contributed by atoms with Gasteiger partial charge in [0.15, 0.2) is 0 Å². The first-order chi connectivity index (χ1) is 5.29. The quantitative estimate of drug-likeness (QED) is 0.613. The first-order valence-corrected chi connectivity index (χ1v) is 4.52. The Labute approximate surface area is 69.5 Å². The predicted octanol–water partition coefficient (Wildman–Crippen LogP) is 1.36. The minimum absolute atomic E-state index is 0.671. The van der Waals surface area contributed by atoms with Gasteiger partial charge in [0.05, 0.1) is 6.61 Å². The van der Waals surface area contributed by atoms with E-state index in [4.69, 9.17) is 4.74 Å². The first kappa shape index (κ1) is 9.01. The van der Waals surface area contributed by atoms with Gasteiger partial charge < -0.3 is 4.74 Å². The van der Waals surface area contributed by atoms with Crippen molar-refractivity contribution < 1.29 is 4.74 Å². The summed E-state index contributed by atoms with van der Waals surface area (Å²) in [5.41, 5.74) is 0. The van der Waals surface area contributed by atoms with Crippen LogP contribution in [0.1, 0.15) is 20.3 Å². The van der Waals surface area contributed by atoms with E-state index >= 15 is 0 Å². The van der Waals surface area contributed by atoms with Crippen molar-refractivity contribution in [2.24, 2.45) is 5.92 Å². The maximum atomic E-state index is 5.19. The lowest BCUT2D eigenvalue weighted by molar-refractivity contribution is 0.103. The Kier molecular flexibility index (Phi) is 3.34. The Morgan fingerprint density at radius 3 is 2.82 bits per heavy atom. The minimum atomic E-state index is 0.671. The van der Waals surface area contributed by atoms with E-state index in [-0.39, 0.29) is 0 Å². The van der Waals surface area contributed by atoms with Crippen LogP contribution in [-0.2, 0) is 4.74 Å². The Morgan fingerprint density at radius 1 is 1.55 bits per heavy atom. The molecule has 1 fully saturated rings. The lowest BCUT2D eigenvalue weighted by Gasteiger charge is -2.24. The second-order valence-corrected chi connectivity index (χ2v) is 3.42. The average Bonchev–Trinajstić information content (AvgIpc) is 2.34. The van der Waals surface area contributed by atoms with Crippen molar-refractivity contribution in [1.82, 2.24) is 4.90 Å². The van der Waals surface area contributed by atoms with E-state index in [1.807, 2.05) is 0 Å². The topological polar surface area (TPSA) is 12.5 Å². The van der Waals surface area contributed by atoms with Gasteiger partial charge in [0.1, 0.15) is 0 Å². The van der Waals surface area contributed by atoms with Crippen LogP contribution in [0.15, 0.2) is 0 Å². The molecule has 0 amide bonds. The molecule has 1 aliphatic rings. The Hall–Kier alpha value is -0.0800. The molecule has 1 saturated heterocycles. The maximum Gasteiger partial charge on any atom is 0.0620 e. The molecule has 0 unspecified atom stereocenters. The van der Waals surface area contributed by atoms with Crippen molar-refractivity contribution >= 4 is 0 Å². The summed E-state index contributed by atoms with van der Waals surface area (Å²) in [6.45, 7) is 7.86. The summed E-state index contributed by atoms with van der Waals surface area (Å²) in [6.07, 6.45) is 1.34. The van der Waals surface area contributed by atoms with Crippen LogP contribution < -0.4 is 0 Å². The van der Waals surface area contributed by atoms with Gasteiger partial charge in [0.2, 0.25) is 0 Å². The molecular weight excluding hydrogens is 138 g/mol. The fourth-order valence-corrected chi connectivity index (χ4v) is 1.92.